The number of aromatic nitrogens is 1. The summed E-state index contributed by atoms with van der Waals surface area (Å²) in [4.78, 5) is 16.8. The second-order valence-electron chi connectivity index (χ2n) is 7.76. The molecule has 1 heterocycles. The number of nitrogens with one attached hydrogen (secondary N) is 2. The van der Waals surface area contributed by atoms with E-state index in [-0.39, 0.29) is 17.6 Å². The molecule has 4 rings (SSSR count). The van der Waals surface area contributed by atoms with Gasteiger partial charge >= 0.3 is 6.18 Å². The van der Waals surface area contributed by atoms with Crippen molar-refractivity contribution in [2.24, 2.45) is 0 Å². The summed E-state index contributed by atoms with van der Waals surface area (Å²) in [7, 11) is 0. The summed E-state index contributed by atoms with van der Waals surface area (Å²) in [5.41, 5.74) is 1.01. The normalized spacial score (nSPS) is 19.2. The lowest BCUT2D eigenvalue weighted by Gasteiger charge is -2.30. The van der Waals surface area contributed by atoms with E-state index in [9.17, 15) is 18.0 Å². The van der Waals surface area contributed by atoms with Gasteiger partial charge in [-0.05, 0) is 68.1 Å². The number of hydrogen-bond donors (Lipinski definition) is 2. The van der Waals surface area contributed by atoms with Gasteiger partial charge in [0.1, 0.15) is 0 Å². The second-order valence-corrected chi connectivity index (χ2v) is 8.20. The Morgan fingerprint density at radius 1 is 1.00 bits per heavy atom. The molecule has 0 saturated heterocycles. The highest BCUT2D eigenvalue weighted by atomic mass is 35.5. The summed E-state index contributed by atoms with van der Waals surface area (Å²) in [6.07, 6.45) is 0.439. The summed E-state index contributed by atoms with van der Waals surface area (Å²) < 4.78 is 38.6. The SMILES string of the molecule is O=C(N[C@H]1CC[C@@H](Nc2ccnc3cc(Cl)ccc23)CC1)c1cccc(C(F)(F)F)c1. The number of halogens is 4. The van der Waals surface area contributed by atoms with E-state index in [2.05, 4.69) is 15.6 Å². The minimum absolute atomic E-state index is 0.0250. The molecule has 0 radical (unpaired) electrons. The first kappa shape index (κ1) is 21.4. The highest BCUT2D eigenvalue weighted by molar-refractivity contribution is 6.31. The average molecular weight is 448 g/mol. The monoisotopic (exact) mass is 447 g/mol. The summed E-state index contributed by atoms with van der Waals surface area (Å²) in [6, 6.07) is 12.2. The van der Waals surface area contributed by atoms with Crippen LogP contribution in [0.5, 0.6) is 0 Å². The van der Waals surface area contributed by atoms with E-state index in [1.165, 1.54) is 12.1 Å². The predicted molar refractivity (Wildman–Crippen MR) is 115 cm³/mol. The van der Waals surface area contributed by atoms with Crippen molar-refractivity contribution in [1.82, 2.24) is 10.3 Å². The van der Waals surface area contributed by atoms with Crippen molar-refractivity contribution in [2.75, 3.05) is 5.32 Å². The Hall–Kier alpha value is -2.80. The maximum Gasteiger partial charge on any atom is 0.416 e. The quantitative estimate of drug-likeness (QED) is 0.511. The van der Waals surface area contributed by atoms with Crippen LogP contribution in [0, 0.1) is 0 Å². The Balaban J connectivity index is 1.35. The van der Waals surface area contributed by atoms with E-state index in [0.717, 1.165) is 54.4 Å². The molecular weight excluding hydrogens is 427 g/mol. The Bertz CT molecular complexity index is 1090. The maximum absolute atomic E-state index is 12.9. The summed E-state index contributed by atoms with van der Waals surface area (Å²) >= 11 is 6.05. The van der Waals surface area contributed by atoms with Gasteiger partial charge in [-0.25, -0.2) is 0 Å². The van der Waals surface area contributed by atoms with E-state index in [4.69, 9.17) is 11.6 Å². The molecule has 0 atom stereocenters. The molecule has 1 aliphatic rings. The lowest BCUT2D eigenvalue weighted by molar-refractivity contribution is -0.137. The molecule has 0 bridgehead atoms. The van der Waals surface area contributed by atoms with Crippen molar-refractivity contribution in [3.05, 3.63) is 70.9 Å². The number of rotatable bonds is 4. The van der Waals surface area contributed by atoms with Crippen LogP contribution < -0.4 is 10.6 Å². The largest absolute Gasteiger partial charge is 0.416 e. The van der Waals surface area contributed by atoms with Gasteiger partial charge in [-0.3, -0.25) is 9.78 Å². The zero-order valence-corrected chi connectivity index (χ0v) is 17.3. The van der Waals surface area contributed by atoms with Gasteiger partial charge in [0.25, 0.3) is 5.91 Å². The lowest BCUT2D eigenvalue weighted by atomic mass is 9.90. The van der Waals surface area contributed by atoms with Crippen molar-refractivity contribution >= 4 is 34.1 Å². The van der Waals surface area contributed by atoms with Gasteiger partial charge in [0, 0.05) is 39.9 Å². The minimum atomic E-state index is -4.47. The first-order valence-electron chi connectivity index (χ1n) is 10.1. The van der Waals surface area contributed by atoms with Crippen LogP contribution in [0.4, 0.5) is 18.9 Å². The minimum Gasteiger partial charge on any atom is -0.382 e. The van der Waals surface area contributed by atoms with E-state index in [1.807, 2.05) is 24.3 Å². The number of alkyl halides is 3. The van der Waals surface area contributed by atoms with Crippen molar-refractivity contribution in [1.29, 1.82) is 0 Å². The molecule has 1 aliphatic carbocycles. The number of pyridine rings is 1. The molecule has 162 valence electrons. The molecular formula is C23H21ClF3N3O. The van der Waals surface area contributed by atoms with Gasteiger partial charge in [-0.1, -0.05) is 17.7 Å². The van der Waals surface area contributed by atoms with Gasteiger partial charge in [0.15, 0.2) is 0 Å². The predicted octanol–water partition coefficient (Wildman–Crippen LogP) is 6.06. The third-order valence-electron chi connectivity index (χ3n) is 5.58. The first-order chi connectivity index (χ1) is 14.8. The molecule has 1 fully saturated rings. The fraction of sp³-hybridized carbons (Fsp3) is 0.304. The summed E-state index contributed by atoms with van der Waals surface area (Å²) in [6.45, 7) is 0. The number of benzene rings is 2. The van der Waals surface area contributed by atoms with Gasteiger partial charge < -0.3 is 10.6 Å². The molecule has 1 amide bonds. The molecule has 2 aromatic carbocycles. The molecule has 2 N–H and O–H groups in total. The fourth-order valence-electron chi connectivity index (χ4n) is 3.95. The molecule has 31 heavy (non-hydrogen) atoms. The topological polar surface area (TPSA) is 54.0 Å². The van der Waals surface area contributed by atoms with E-state index >= 15 is 0 Å². The van der Waals surface area contributed by atoms with Crippen LogP contribution in [0.1, 0.15) is 41.6 Å². The number of carbonyl (C=O) groups is 1. The third kappa shape index (κ3) is 5.10. The van der Waals surface area contributed by atoms with Crippen molar-refractivity contribution in [2.45, 2.75) is 43.9 Å². The zero-order valence-electron chi connectivity index (χ0n) is 16.5. The zero-order chi connectivity index (χ0) is 22.0. The van der Waals surface area contributed by atoms with Crippen molar-refractivity contribution in [3.8, 4) is 0 Å². The number of amides is 1. The smallest absolute Gasteiger partial charge is 0.382 e. The van der Waals surface area contributed by atoms with Crippen LogP contribution in [0.3, 0.4) is 0 Å². The first-order valence-corrected chi connectivity index (χ1v) is 10.5. The van der Waals surface area contributed by atoms with Gasteiger partial charge in [-0.15, -0.1) is 0 Å². The third-order valence-corrected chi connectivity index (χ3v) is 5.81. The average Bonchev–Trinajstić information content (AvgIpc) is 2.74. The van der Waals surface area contributed by atoms with Crippen LogP contribution in [-0.4, -0.2) is 23.0 Å². The van der Waals surface area contributed by atoms with Crippen LogP contribution in [0.25, 0.3) is 10.9 Å². The highest BCUT2D eigenvalue weighted by Gasteiger charge is 2.31. The Labute approximate surface area is 182 Å². The number of hydrogen-bond acceptors (Lipinski definition) is 3. The van der Waals surface area contributed by atoms with E-state index < -0.39 is 17.6 Å². The summed E-state index contributed by atoms with van der Waals surface area (Å²) in [5, 5.41) is 8.05. The molecule has 8 heteroatoms. The van der Waals surface area contributed by atoms with Gasteiger partial charge in [0.05, 0.1) is 11.1 Å². The van der Waals surface area contributed by atoms with E-state index in [0.29, 0.717) is 5.02 Å². The van der Waals surface area contributed by atoms with Gasteiger partial charge in [0.2, 0.25) is 0 Å². The maximum atomic E-state index is 12.9. The van der Waals surface area contributed by atoms with E-state index in [1.54, 1.807) is 6.20 Å². The molecule has 0 spiro atoms. The molecule has 1 aromatic heterocycles. The van der Waals surface area contributed by atoms with Crippen molar-refractivity contribution in [3.63, 3.8) is 0 Å². The van der Waals surface area contributed by atoms with Crippen LogP contribution in [0.2, 0.25) is 5.02 Å². The molecule has 1 saturated carbocycles. The fourth-order valence-corrected chi connectivity index (χ4v) is 4.12. The summed E-state index contributed by atoms with van der Waals surface area (Å²) in [5.74, 6) is -0.473. The van der Waals surface area contributed by atoms with Crippen LogP contribution >= 0.6 is 11.6 Å². The van der Waals surface area contributed by atoms with Crippen LogP contribution in [0.15, 0.2) is 54.7 Å². The highest BCUT2D eigenvalue weighted by Crippen LogP contribution is 2.30. The number of anilines is 1. The molecule has 0 unspecified atom stereocenters. The molecule has 3 aromatic rings. The molecule has 4 nitrogen and oxygen atoms in total. The van der Waals surface area contributed by atoms with Crippen LogP contribution in [-0.2, 0) is 6.18 Å². The lowest BCUT2D eigenvalue weighted by Crippen LogP contribution is -2.40. The second kappa shape index (κ2) is 8.75. The standard InChI is InChI=1S/C23H21ClF3N3O/c24-16-4-9-19-20(10-11-28-21(19)13-16)29-17-5-7-18(8-6-17)30-22(31)14-2-1-3-15(12-14)23(25,26)27/h1-4,9-13,17-18H,5-8H2,(H,28,29)(H,30,31)/t17-,18+. The Morgan fingerprint density at radius 3 is 2.48 bits per heavy atom. The Kier molecular flexibility index (Phi) is 6.05. The van der Waals surface area contributed by atoms with Crippen molar-refractivity contribution < 1.29 is 18.0 Å². The van der Waals surface area contributed by atoms with Gasteiger partial charge in [-0.2, -0.15) is 13.2 Å². The number of carbonyl (C=O) groups excluding carboxylic acids is 1. The Morgan fingerprint density at radius 2 is 1.74 bits per heavy atom. The molecule has 0 aliphatic heterocycles. The number of nitrogens with zero attached hydrogens (tertiary/aromatic N) is 1. The number of fused-ring (bicyclic) bond motifs is 1.